The number of rotatable bonds is 1. The van der Waals surface area contributed by atoms with E-state index < -0.39 is 0 Å². The zero-order chi connectivity index (χ0) is 9.31. The van der Waals surface area contributed by atoms with Crippen molar-refractivity contribution in [3.63, 3.8) is 0 Å². The maximum absolute atomic E-state index is 5.54. The fourth-order valence-corrected chi connectivity index (χ4v) is 1.67. The predicted octanol–water partition coefficient (Wildman–Crippen LogP) is 2.07. The maximum Gasteiger partial charge on any atom is 0.120 e. The Morgan fingerprint density at radius 1 is 1.54 bits per heavy atom. The van der Waals surface area contributed by atoms with Gasteiger partial charge in [-0.2, -0.15) is 0 Å². The molecule has 2 rings (SSSR count). The lowest BCUT2D eigenvalue weighted by atomic mass is 10.1. The molecule has 3 nitrogen and oxygen atoms in total. The van der Waals surface area contributed by atoms with Crippen molar-refractivity contribution in [1.29, 1.82) is 0 Å². The third kappa shape index (κ3) is 1.92. The molecule has 1 aromatic heterocycles. The summed E-state index contributed by atoms with van der Waals surface area (Å²) >= 11 is 0. The summed E-state index contributed by atoms with van der Waals surface area (Å²) in [6, 6.07) is 4.21. The lowest BCUT2D eigenvalue weighted by Crippen LogP contribution is -2.48. The van der Waals surface area contributed by atoms with Gasteiger partial charge in [0.1, 0.15) is 11.5 Å². The average molecular weight is 181 g/mol. The first-order valence-corrected chi connectivity index (χ1v) is 4.62. The van der Waals surface area contributed by atoms with Gasteiger partial charge in [-0.3, -0.25) is 5.32 Å². The second-order valence-electron chi connectivity index (χ2n) is 3.86. The van der Waals surface area contributed by atoms with Crippen molar-refractivity contribution in [3.05, 3.63) is 24.2 Å². The van der Waals surface area contributed by atoms with Gasteiger partial charge in [0.2, 0.25) is 0 Å². The molecule has 1 aliphatic heterocycles. The largest absolute Gasteiger partial charge is 0.468 e. The summed E-state index contributed by atoms with van der Waals surface area (Å²) in [6.45, 7) is 4.84. The fourth-order valence-electron chi connectivity index (χ4n) is 1.67. The van der Waals surface area contributed by atoms with E-state index in [1.165, 1.54) is 0 Å². The molecule has 1 fully saturated rings. The van der Waals surface area contributed by atoms with E-state index >= 15 is 0 Å². The van der Waals surface area contributed by atoms with Crippen LogP contribution in [0.3, 0.4) is 0 Å². The molecule has 1 saturated heterocycles. The van der Waals surface area contributed by atoms with Gasteiger partial charge >= 0.3 is 0 Å². The molecule has 1 aliphatic rings. The van der Waals surface area contributed by atoms with Gasteiger partial charge in [-0.1, -0.05) is 0 Å². The van der Waals surface area contributed by atoms with Gasteiger partial charge in [0, 0.05) is 0 Å². The van der Waals surface area contributed by atoms with Gasteiger partial charge in [-0.25, -0.2) is 0 Å². The van der Waals surface area contributed by atoms with Gasteiger partial charge < -0.3 is 9.15 Å². The molecule has 1 unspecified atom stereocenters. The molecule has 1 N–H and O–H groups in total. The maximum atomic E-state index is 5.54. The van der Waals surface area contributed by atoms with Crippen LogP contribution < -0.4 is 5.32 Å². The molecule has 2 heterocycles. The fraction of sp³-hybridized carbons (Fsp3) is 0.600. The molecule has 1 aromatic rings. The second kappa shape index (κ2) is 3.16. The molecule has 0 saturated carbocycles. The van der Waals surface area contributed by atoms with Crippen LogP contribution in [0.25, 0.3) is 0 Å². The Bertz CT molecular complexity index is 266. The first kappa shape index (κ1) is 8.78. The molecule has 0 amide bonds. The van der Waals surface area contributed by atoms with Gasteiger partial charge in [0.05, 0.1) is 18.9 Å². The smallest absolute Gasteiger partial charge is 0.120 e. The minimum absolute atomic E-state index is 0.240. The highest BCUT2D eigenvalue weighted by Crippen LogP contribution is 2.25. The Labute approximate surface area is 78.1 Å². The Balaban J connectivity index is 2.09. The van der Waals surface area contributed by atoms with E-state index in [-0.39, 0.29) is 5.72 Å². The highest BCUT2D eigenvalue weighted by Gasteiger charge is 2.29. The Kier molecular flexibility index (Phi) is 2.14. The van der Waals surface area contributed by atoms with E-state index in [1.807, 2.05) is 26.0 Å². The molecule has 1 atom stereocenters. The minimum atomic E-state index is -0.240. The lowest BCUT2D eigenvalue weighted by molar-refractivity contribution is -0.0878. The molecular weight excluding hydrogens is 166 g/mol. The monoisotopic (exact) mass is 181 g/mol. The highest BCUT2D eigenvalue weighted by atomic mass is 16.5. The molecule has 0 radical (unpaired) electrons. The summed E-state index contributed by atoms with van der Waals surface area (Å²) in [7, 11) is 0. The van der Waals surface area contributed by atoms with E-state index in [0.29, 0.717) is 6.04 Å². The van der Waals surface area contributed by atoms with Crippen molar-refractivity contribution in [2.24, 2.45) is 0 Å². The number of hydrogen-bond acceptors (Lipinski definition) is 3. The molecule has 0 aromatic carbocycles. The van der Waals surface area contributed by atoms with Crippen molar-refractivity contribution < 1.29 is 9.15 Å². The summed E-state index contributed by atoms with van der Waals surface area (Å²) in [5.41, 5.74) is -0.240. The number of ether oxygens (including phenoxy) is 1. The van der Waals surface area contributed by atoms with Crippen molar-refractivity contribution in [2.45, 2.75) is 32.0 Å². The zero-order valence-corrected chi connectivity index (χ0v) is 8.04. The Hall–Kier alpha value is -0.800. The van der Waals surface area contributed by atoms with Crippen LogP contribution in [0.15, 0.2) is 22.8 Å². The quantitative estimate of drug-likeness (QED) is 0.720. The number of hydrogen-bond donors (Lipinski definition) is 1. The van der Waals surface area contributed by atoms with Crippen LogP contribution in [0.5, 0.6) is 0 Å². The second-order valence-corrected chi connectivity index (χ2v) is 3.86. The summed E-state index contributed by atoms with van der Waals surface area (Å²) in [4.78, 5) is 0. The van der Waals surface area contributed by atoms with Crippen LogP contribution in [0.2, 0.25) is 0 Å². The highest BCUT2D eigenvalue weighted by molar-refractivity contribution is 5.05. The summed E-state index contributed by atoms with van der Waals surface area (Å²) in [5.74, 6) is 0.997. The summed E-state index contributed by atoms with van der Waals surface area (Å²) in [5, 5.41) is 3.38. The molecule has 0 aliphatic carbocycles. The van der Waals surface area contributed by atoms with Crippen LogP contribution >= 0.6 is 0 Å². The van der Waals surface area contributed by atoms with E-state index in [2.05, 4.69) is 5.32 Å². The molecule has 72 valence electrons. The SMILES string of the molecule is CC1(C)NC(c2ccco2)CCO1. The molecule has 13 heavy (non-hydrogen) atoms. The molecular formula is C10H15NO2. The van der Waals surface area contributed by atoms with Crippen LogP contribution in [0, 0.1) is 0 Å². The normalized spacial score (nSPS) is 27.4. The predicted molar refractivity (Wildman–Crippen MR) is 49.2 cm³/mol. The van der Waals surface area contributed by atoms with E-state index in [0.717, 1.165) is 18.8 Å². The van der Waals surface area contributed by atoms with Crippen LogP contribution in [0.4, 0.5) is 0 Å². The van der Waals surface area contributed by atoms with Gasteiger partial charge in [0.15, 0.2) is 0 Å². The van der Waals surface area contributed by atoms with Crippen LogP contribution in [0.1, 0.15) is 32.1 Å². The lowest BCUT2D eigenvalue weighted by Gasteiger charge is -2.36. The molecule has 0 bridgehead atoms. The van der Waals surface area contributed by atoms with Gasteiger partial charge in [-0.05, 0) is 32.4 Å². The number of furan rings is 1. The van der Waals surface area contributed by atoms with Gasteiger partial charge in [-0.15, -0.1) is 0 Å². The average Bonchev–Trinajstić information content (AvgIpc) is 2.53. The van der Waals surface area contributed by atoms with E-state index in [4.69, 9.17) is 9.15 Å². The van der Waals surface area contributed by atoms with Gasteiger partial charge in [0.25, 0.3) is 0 Å². The first-order valence-electron chi connectivity index (χ1n) is 4.62. The van der Waals surface area contributed by atoms with Crippen LogP contribution in [-0.4, -0.2) is 12.3 Å². The van der Waals surface area contributed by atoms with Crippen molar-refractivity contribution in [1.82, 2.24) is 5.32 Å². The minimum Gasteiger partial charge on any atom is -0.468 e. The van der Waals surface area contributed by atoms with Crippen molar-refractivity contribution >= 4 is 0 Å². The summed E-state index contributed by atoms with van der Waals surface area (Å²) in [6.07, 6.45) is 2.68. The van der Waals surface area contributed by atoms with Crippen molar-refractivity contribution in [3.8, 4) is 0 Å². The van der Waals surface area contributed by atoms with Crippen LogP contribution in [-0.2, 0) is 4.74 Å². The summed E-state index contributed by atoms with van der Waals surface area (Å²) < 4.78 is 10.9. The topological polar surface area (TPSA) is 34.4 Å². The molecule has 0 spiro atoms. The first-order chi connectivity index (χ1) is 6.17. The standard InChI is InChI=1S/C10H15NO2/c1-10(2)11-8(5-7-13-10)9-4-3-6-12-9/h3-4,6,8,11H,5,7H2,1-2H3. The third-order valence-corrected chi connectivity index (χ3v) is 2.28. The van der Waals surface area contributed by atoms with E-state index in [9.17, 15) is 0 Å². The Morgan fingerprint density at radius 2 is 2.38 bits per heavy atom. The third-order valence-electron chi connectivity index (χ3n) is 2.28. The van der Waals surface area contributed by atoms with Crippen molar-refractivity contribution in [2.75, 3.05) is 6.61 Å². The number of nitrogens with one attached hydrogen (secondary N) is 1. The van der Waals surface area contributed by atoms with E-state index in [1.54, 1.807) is 6.26 Å². The zero-order valence-electron chi connectivity index (χ0n) is 8.04. The molecule has 3 heteroatoms. The Morgan fingerprint density at radius 3 is 3.00 bits per heavy atom.